The Morgan fingerprint density at radius 1 is 0.962 bits per heavy atom. The third-order valence-corrected chi connectivity index (χ3v) is 4.81. The number of urea groups is 1. The number of nitrogens with one attached hydrogen (secondary N) is 2. The molecule has 4 heteroatoms. The molecule has 0 saturated carbocycles. The molecule has 4 nitrogen and oxygen atoms in total. The minimum absolute atomic E-state index is 0.0929. The maximum atomic E-state index is 12.3. The summed E-state index contributed by atoms with van der Waals surface area (Å²) < 4.78 is 5.78. The van der Waals surface area contributed by atoms with Crippen molar-refractivity contribution in [3.63, 3.8) is 0 Å². The summed E-state index contributed by atoms with van der Waals surface area (Å²) >= 11 is 0. The zero-order valence-corrected chi connectivity index (χ0v) is 16.4. The van der Waals surface area contributed by atoms with E-state index in [2.05, 4.69) is 38.3 Å². The van der Waals surface area contributed by atoms with Gasteiger partial charge in [-0.1, -0.05) is 70.2 Å². The molecule has 2 amide bonds. The van der Waals surface area contributed by atoms with E-state index in [1.165, 1.54) is 5.56 Å². The van der Waals surface area contributed by atoms with Crippen LogP contribution in [0.25, 0.3) is 0 Å². The van der Waals surface area contributed by atoms with Crippen LogP contribution in [0.5, 0.6) is 0 Å². The fraction of sp³-hybridized carbons (Fsp3) is 0.409. The number of carbonyl (C=O) groups excluding carboxylic acids is 1. The van der Waals surface area contributed by atoms with Crippen molar-refractivity contribution < 1.29 is 9.53 Å². The van der Waals surface area contributed by atoms with Crippen LogP contribution >= 0.6 is 0 Å². The zero-order valence-electron chi connectivity index (χ0n) is 16.4. The number of ether oxygens (including phenoxy) is 1. The van der Waals surface area contributed by atoms with E-state index in [-0.39, 0.29) is 11.4 Å². The van der Waals surface area contributed by atoms with E-state index in [4.69, 9.17) is 4.74 Å². The lowest BCUT2D eigenvalue weighted by molar-refractivity contribution is -0.0149. The highest BCUT2D eigenvalue weighted by molar-refractivity contribution is 5.89. The molecular weight excluding hydrogens is 324 g/mol. The first kappa shape index (κ1) is 20.0. The van der Waals surface area contributed by atoms with E-state index in [1.54, 1.807) is 7.11 Å². The Morgan fingerprint density at radius 2 is 1.58 bits per heavy atom. The average molecular weight is 354 g/mol. The molecule has 0 aliphatic carbocycles. The van der Waals surface area contributed by atoms with Crippen LogP contribution in [0, 0.1) is 0 Å². The number of amides is 2. The van der Waals surface area contributed by atoms with Gasteiger partial charge in [-0.15, -0.1) is 0 Å². The predicted octanol–water partition coefficient (Wildman–Crippen LogP) is 5.06. The second kappa shape index (κ2) is 8.37. The lowest BCUT2D eigenvalue weighted by Gasteiger charge is -2.32. The number of carbonyl (C=O) groups is 1. The minimum Gasteiger partial charge on any atom is -0.372 e. The summed E-state index contributed by atoms with van der Waals surface area (Å²) in [6.07, 6.45) is 0.758. The number of anilines is 1. The molecule has 0 aliphatic heterocycles. The quantitative estimate of drug-likeness (QED) is 0.762. The molecule has 0 aromatic heterocycles. The Labute approximate surface area is 157 Å². The highest BCUT2D eigenvalue weighted by atomic mass is 16.5. The summed E-state index contributed by atoms with van der Waals surface area (Å²) in [6, 6.07) is 17.7. The van der Waals surface area contributed by atoms with Gasteiger partial charge in [-0.3, -0.25) is 0 Å². The van der Waals surface area contributed by atoms with Gasteiger partial charge in [0, 0.05) is 12.8 Å². The van der Waals surface area contributed by atoms with Crippen molar-refractivity contribution in [1.82, 2.24) is 5.32 Å². The number of rotatable bonds is 6. The molecule has 0 saturated heterocycles. The van der Waals surface area contributed by atoms with Crippen molar-refractivity contribution in [1.29, 1.82) is 0 Å². The van der Waals surface area contributed by atoms with E-state index < -0.39 is 5.60 Å². The number of hydrogen-bond acceptors (Lipinski definition) is 2. The van der Waals surface area contributed by atoms with Gasteiger partial charge < -0.3 is 15.4 Å². The van der Waals surface area contributed by atoms with Gasteiger partial charge in [0.05, 0.1) is 6.54 Å². The van der Waals surface area contributed by atoms with E-state index in [0.717, 1.165) is 17.7 Å². The first-order chi connectivity index (χ1) is 12.3. The summed E-state index contributed by atoms with van der Waals surface area (Å²) in [5.74, 6) is 0. The molecule has 0 radical (unpaired) electrons. The van der Waals surface area contributed by atoms with Crippen molar-refractivity contribution >= 4 is 11.7 Å². The molecule has 2 aromatic rings. The monoisotopic (exact) mass is 354 g/mol. The number of hydrogen-bond donors (Lipinski definition) is 2. The van der Waals surface area contributed by atoms with E-state index in [9.17, 15) is 4.79 Å². The molecule has 2 N–H and O–H groups in total. The van der Waals surface area contributed by atoms with Crippen LogP contribution in [-0.2, 0) is 15.8 Å². The van der Waals surface area contributed by atoms with Crippen molar-refractivity contribution in [2.75, 3.05) is 19.0 Å². The lowest BCUT2D eigenvalue weighted by Crippen LogP contribution is -2.43. The number of methoxy groups -OCH3 is 1. The molecule has 1 unspecified atom stereocenters. The smallest absolute Gasteiger partial charge is 0.319 e. The number of benzene rings is 2. The molecule has 140 valence electrons. The van der Waals surface area contributed by atoms with Crippen LogP contribution in [0.1, 0.15) is 45.2 Å². The molecule has 0 fully saturated rings. The molecule has 2 rings (SSSR count). The molecule has 0 bridgehead atoms. The lowest BCUT2D eigenvalue weighted by atomic mass is 9.87. The Kier molecular flexibility index (Phi) is 6.43. The van der Waals surface area contributed by atoms with Crippen molar-refractivity contribution in [3.8, 4) is 0 Å². The maximum Gasteiger partial charge on any atom is 0.319 e. The summed E-state index contributed by atoms with van der Waals surface area (Å²) in [6.45, 7) is 8.96. The van der Waals surface area contributed by atoms with Gasteiger partial charge >= 0.3 is 6.03 Å². The van der Waals surface area contributed by atoms with Gasteiger partial charge in [0.2, 0.25) is 0 Å². The average Bonchev–Trinajstić information content (AvgIpc) is 2.63. The normalized spacial score (nSPS) is 13.7. The molecule has 1 atom stereocenters. The van der Waals surface area contributed by atoms with Crippen LogP contribution in [0.3, 0.4) is 0 Å². The second-order valence-corrected chi connectivity index (χ2v) is 7.55. The maximum absolute atomic E-state index is 12.3. The molecule has 26 heavy (non-hydrogen) atoms. The van der Waals surface area contributed by atoms with Gasteiger partial charge in [0.15, 0.2) is 0 Å². The van der Waals surface area contributed by atoms with Crippen molar-refractivity contribution in [2.24, 2.45) is 0 Å². The van der Waals surface area contributed by atoms with Gasteiger partial charge in [0.1, 0.15) is 5.60 Å². The van der Waals surface area contributed by atoms with Crippen LogP contribution < -0.4 is 10.6 Å². The Hall–Kier alpha value is -2.33. The topological polar surface area (TPSA) is 50.4 Å². The SMILES string of the molecule is CCC(CNC(=O)Nc1ccc(C(C)(C)C)cc1)(OC)c1ccccc1. The van der Waals surface area contributed by atoms with Crippen LogP contribution in [0.2, 0.25) is 0 Å². The second-order valence-electron chi connectivity index (χ2n) is 7.55. The predicted molar refractivity (Wildman–Crippen MR) is 108 cm³/mol. The molecule has 0 heterocycles. The molecule has 2 aromatic carbocycles. The first-order valence-corrected chi connectivity index (χ1v) is 9.07. The Morgan fingerprint density at radius 3 is 2.08 bits per heavy atom. The minimum atomic E-state index is -0.533. The van der Waals surface area contributed by atoms with Gasteiger partial charge in [0.25, 0.3) is 0 Å². The van der Waals surface area contributed by atoms with Gasteiger partial charge in [-0.25, -0.2) is 4.79 Å². The molecule has 0 aliphatic rings. The highest BCUT2D eigenvalue weighted by Crippen LogP contribution is 2.28. The first-order valence-electron chi connectivity index (χ1n) is 9.07. The summed E-state index contributed by atoms with van der Waals surface area (Å²) in [5, 5.41) is 5.83. The van der Waals surface area contributed by atoms with Crippen LogP contribution in [0.15, 0.2) is 54.6 Å². The Balaban J connectivity index is 2.00. The van der Waals surface area contributed by atoms with E-state index in [1.807, 2.05) is 54.6 Å². The fourth-order valence-corrected chi connectivity index (χ4v) is 2.96. The third kappa shape index (κ3) is 4.85. The standard InChI is InChI=1S/C22H30N2O2/c1-6-22(26-5,18-10-8-7-9-11-18)16-23-20(25)24-19-14-12-17(13-15-19)21(2,3)4/h7-15H,6,16H2,1-5H3,(H2,23,24,25). The molecular formula is C22H30N2O2. The van der Waals surface area contributed by atoms with E-state index >= 15 is 0 Å². The van der Waals surface area contributed by atoms with Crippen molar-refractivity contribution in [3.05, 3.63) is 65.7 Å². The van der Waals surface area contributed by atoms with Gasteiger partial charge in [-0.2, -0.15) is 0 Å². The Bertz CT molecular complexity index is 699. The molecule has 0 spiro atoms. The summed E-state index contributed by atoms with van der Waals surface area (Å²) in [4.78, 5) is 12.3. The summed E-state index contributed by atoms with van der Waals surface area (Å²) in [7, 11) is 1.68. The fourth-order valence-electron chi connectivity index (χ4n) is 2.96. The third-order valence-electron chi connectivity index (χ3n) is 4.81. The summed E-state index contributed by atoms with van der Waals surface area (Å²) in [5.41, 5.74) is 2.62. The van der Waals surface area contributed by atoms with Crippen molar-refractivity contribution in [2.45, 2.75) is 45.1 Å². The van der Waals surface area contributed by atoms with Crippen LogP contribution in [0.4, 0.5) is 10.5 Å². The van der Waals surface area contributed by atoms with E-state index in [0.29, 0.717) is 6.54 Å². The largest absolute Gasteiger partial charge is 0.372 e. The zero-order chi connectivity index (χ0) is 19.2. The van der Waals surface area contributed by atoms with Crippen LogP contribution in [-0.4, -0.2) is 19.7 Å². The van der Waals surface area contributed by atoms with Gasteiger partial charge in [-0.05, 0) is 35.1 Å². The highest BCUT2D eigenvalue weighted by Gasteiger charge is 2.30.